The molecule has 0 saturated carbocycles. The van der Waals surface area contributed by atoms with Crippen LogP contribution in [0.1, 0.15) is 12.4 Å². The van der Waals surface area contributed by atoms with Gasteiger partial charge in [-0.2, -0.15) is 0 Å². The molecule has 1 aromatic rings. The Morgan fingerprint density at radius 2 is 2.17 bits per heavy atom. The van der Waals surface area contributed by atoms with Gasteiger partial charge >= 0.3 is 5.97 Å². The van der Waals surface area contributed by atoms with Gasteiger partial charge in [-0.3, -0.25) is 4.79 Å². The number of hydrogen-bond acceptors (Lipinski definition) is 2. The normalized spacial score (nSPS) is 18.2. The first-order chi connectivity index (χ1) is 7.77. The van der Waals surface area contributed by atoms with E-state index in [1.165, 1.54) is 0 Å². The Bertz CT molecular complexity index is 448. The van der Waals surface area contributed by atoms with Crippen LogP contribution in [0.4, 0.5) is 0 Å². The van der Waals surface area contributed by atoms with Gasteiger partial charge in [0.1, 0.15) is 6.04 Å². The van der Waals surface area contributed by atoms with Crippen molar-refractivity contribution in [1.29, 1.82) is 0 Å². The fourth-order valence-electron chi connectivity index (χ4n) is 0.685. The summed E-state index contributed by atoms with van der Waals surface area (Å²) >= 11 is 0. The van der Waals surface area contributed by atoms with Crippen LogP contribution in [0.5, 0.6) is 0 Å². The topological polar surface area (TPSA) is 63.3 Å². The lowest BCUT2D eigenvalue weighted by Crippen LogP contribution is -2.32. The Balaban J connectivity index is 3.30. The summed E-state index contributed by atoms with van der Waals surface area (Å²) in [5, 5.41) is 8.64. The van der Waals surface area contributed by atoms with E-state index in [2.05, 4.69) is 0 Å². The fourth-order valence-corrected chi connectivity index (χ4v) is 0.685. The van der Waals surface area contributed by atoms with Crippen LogP contribution in [0, 0.1) is 0 Å². The summed E-state index contributed by atoms with van der Waals surface area (Å²) in [7, 11) is 0. The molecule has 0 unspecified atom stereocenters. The van der Waals surface area contributed by atoms with Gasteiger partial charge in [0.05, 0.1) is 6.85 Å². The first-order valence-corrected chi connectivity index (χ1v) is 3.31. The van der Waals surface area contributed by atoms with Crippen LogP contribution >= 0.6 is 0 Å². The van der Waals surface area contributed by atoms with Gasteiger partial charge in [-0.05, 0) is 12.0 Å². The summed E-state index contributed by atoms with van der Waals surface area (Å²) in [6, 6.07) is -3.59. The molecule has 1 aromatic carbocycles. The van der Waals surface area contributed by atoms with Crippen molar-refractivity contribution in [3.05, 3.63) is 35.8 Å². The number of carboxylic acid groups (broad SMARTS) is 1. The van der Waals surface area contributed by atoms with Crippen LogP contribution in [0.15, 0.2) is 30.2 Å². The molecule has 0 fully saturated rings. The number of aliphatic carboxylic acids is 1. The van der Waals surface area contributed by atoms with Gasteiger partial charge in [-0.25, -0.2) is 0 Å². The Labute approximate surface area is 77.8 Å². The van der Waals surface area contributed by atoms with Crippen LogP contribution in [0.2, 0.25) is 0 Å². The van der Waals surface area contributed by atoms with E-state index in [1.54, 1.807) is 0 Å². The second kappa shape index (κ2) is 3.88. The van der Waals surface area contributed by atoms with E-state index in [1.807, 2.05) is 0 Å². The lowest BCUT2D eigenvalue weighted by atomic mass is 10.1. The zero-order valence-corrected chi connectivity index (χ0v) is 6.22. The third-order valence-electron chi connectivity index (χ3n) is 1.29. The van der Waals surface area contributed by atoms with Crippen LogP contribution in [0.25, 0.3) is 0 Å². The molecule has 12 heavy (non-hydrogen) atoms. The monoisotopic (exact) mass is 175 g/mol. The average Bonchev–Trinajstić information content (AvgIpc) is 2.29. The maximum Gasteiger partial charge on any atom is 0.320 e. The predicted octanol–water partition coefficient (Wildman–Crippen LogP) is 0.641. The van der Waals surface area contributed by atoms with Crippen molar-refractivity contribution >= 4 is 5.97 Å². The standard InChI is InChI=1S/C9H11NO2/c10-8(9(11)12)6-7-4-2-1-3-5-7/h1-5,8H,6,10H2,(H,11,12)/t8-/m0/s1/i1T,2T,3T,4T,5T. The zero-order chi connectivity index (χ0) is 13.3. The average molecular weight is 175 g/mol. The number of hydrogen-bond donors (Lipinski definition) is 2. The molecule has 0 bridgehead atoms. The Morgan fingerprint density at radius 3 is 2.67 bits per heavy atom. The molecule has 0 heterocycles. The maximum absolute atomic E-state index is 10.6. The highest BCUT2D eigenvalue weighted by molar-refractivity contribution is 5.73. The highest BCUT2D eigenvalue weighted by atomic mass is 16.4. The Morgan fingerprint density at radius 1 is 1.58 bits per heavy atom. The van der Waals surface area contributed by atoms with Gasteiger partial charge in [-0.15, -0.1) is 0 Å². The molecule has 0 aliphatic rings. The van der Waals surface area contributed by atoms with E-state index >= 15 is 0 Å². The van der Waals surface area contributed by atoms with Crippen molar-refractivity contribution in [2.24, 2.45) is 5.73 Å². The van der Waals surface area contributed by atoms with E-state index < -0.39 is 42.2 Å². The third-order valence-corrected chi connectivity index (χ3v) is 1.29. The van der Waals surface area contributed by atoms with E-state index in [4.69, 9.17) is 17.7 Å². The molecular weight excluding hydrogens is 154 g/mol. The summed E-state index contributed by atoms with van der Waals surface area (Å²) in [6.45, 7) is 0. The van der Waals surface area contributed by atoms with Crippen molar-refractivity contribution in [1.82, 2.24) is 0 Å². The molecule has 0 spiro atoms. The highest BCUT2D eigenvalue weighted by Gasteiger charge is 2.10. The Hall–Kier alpha value is -1.35. The number of carbonyl (C=O) groups is 1. The molecule has 64 valence electrons. The van der Waals surface area contributed by atoms with Crippen LogP contribution in [0.3, 0.4) is 0 Å². The van der Waals surface area contributed by atoms with Crippen LogP contribution in [-0.2, 0) is 11.2 Å². The predicted molar refractivity (Wildman–Crippen MR) is 45.8 cm³/mol. The zero-order valence-electron chi connectivity index (χ0n) is 11.2. The molecule has 0 saturated heterocycles. The number of benzene rings is 1. The largest absolute Gasteiger partial charge is 0.480 e. The van der Waals surface area contributed by atoms with Crippen molar-refractivity contribution in [2.75, 3.05) is 0 Å². The van der Waals surface area contributed by atoms with Gasteiger partial charge in [-0.1, -0.05) is 30.2 Å². The number of rotatable bonds is 3. The van der Waals surface area contributed by atoms with E-state index in [0.29, 0.717) is 0 Å². The van der Waals surface area contributed by atoms with E-state index in [9.17, 15) is 4.79 Å². The molecule has 3 N–H and O–H groups in total. The summed E-state index contributed by atoms with van der Waals surface area (Å²) in [6.07, 6.45) is -0.301. The minimum atomic E-state index is -1.29. The summed E-state index contributed by atoms with van der Waals surface area (Å²) in [4.78, 5) is 10.6. The molecule has 0 amide bonds. The smallest absolute Gasteiger partial charge is 0.320 e. The molecule has 3 heteroatoms. The molecule has 3 nitrogen and oxygen atoms in total. The lowest BCUT2D eigenvalue weighted by Gasteiger charge is -2.04. The molecule has 0 radical (unpaired) electrons. The summed E-state index contributed by atoms with van der Waals surface area (Å²) < 4.78 is 37.2. The summed E-state index contributed by atoms with van der Waals surface area (Å²) in [5.41, 5.74) is 5.21. The quantitative estimate of drug-likeness (QED) is 0.708. The van der Waals surface area contributed by atoms with Gasteiger partial charge in [0.2, 0.25) is 0 Å². The van der Waals surface area contributed by atoms with Crippen molar-refractivity contribution in [3.63, 3.8) is 0 Å². The first kappa shape index (κ1) is 4.05. The number of nitrogens with two attached hydrogens (primary N) is 1. The van der Waals surface area contributed by atoms with Crippen molar-refractivity contribution < 1.29 is 16.8 Å². The third kappa shape index (κ3) is 2.36. The molecule has 0 aliphatic carbocycles. The fraction of sp³-hybridized carbons (Fsp3) is 0.222. The second-order valence-corrected chi connectivity index (χ2v) is 2.25. The maximum atomic E-state index is 10.6. The van der Waals surface area contributed by atoms with Gasteiger partial charge in [0.25, 0.3) is 0 Å². The van der Waals surface area contributed by atoms with Crippen LogP contribution in [-0.4, -0.2) is 17.1 Å². The Kier molecular flexibility index (Phi) is 1.31. The van der Waals surface area contributed by atoms with E-state index in [0.717, 1.165) is 0 Å². The van der Waals surface area contributed by atoms with Gasteiger partial charge in [0, 0.05) is 0 Å². The number of carboxylic acids is 1. The first-order valence-electron chi connectivity index (χ1n) is 5.81. The molecule has 0 aliphatic heterocycles. The van der Waals surface area contributed by atoms with Crippen molar-refractivity contribution in [3.8, 4) is 0 Å². The minimum Gasteiger partial charge on any atom is -0.480 e. The van der Waals surface area contributed by atoms with E-state index in [-0.39, 0.29) is 12.0 Å². The molecule has 1 atom stereocenters. The summed E-state index contributed by atoms with van der Waals surface area (Å²) in [5.74, 6) is -1.28. The molecule has 0 aromatic heterocycles. The SMILES string of the molecule is [3H]c1c([3H])c([3H])c(C[C@H](N)C(=O)O)c([3H])c1[3H]. The van der Waals surface area contributed by atoms with Crippen LogP contribution < -0.4 is 5.73 Å². The highest BCUT2D eigenvalue weighted by Crippen LogP contribution is 2.01. The molecule has 1 rings (SSSR count). The minimum absolute atomic E-state index is 0.0779. The lowest BCUT2D eigenvalue weighted by molar-refractivity contribution is -0.138. The van der Waals surface area contributed by atoms with Gasteiger partial charge < -0.3 is 10.8 Å². The van der Waals surface area contributed by atoms with Gasteiger partial charge in [0.15, 0.2) is 0 Å². The van der Waals surface area contributed by atoms with Crippen molar-refractivity contribution in [2.45, 2.75) is 12.5 Å². The molecular formula is C9H11NO2. The second-order valence-electron chi connectivity index (χ2n) is 2.25.